The molecule has 1 aliphatic carbocycles. The molecule has 1 unspecified atom stereocenters. The molecule has 0 N–H and O–H groups in total. The zero-order valence-electron chi connectivity index (χ0n) is 47.4. The molecule has 4 aliphatic heterocycles. The molecule has 0 fully saturated rings. The molecule has 6 nitrogen and oxygen atoms in total. The van der Waals surface area contributed by atoms with Crippen molar-refractivity contribution in [3.63, 3.8) is 0 Å². The number of hydrogen-bond donors (Lipinski definition) is 0. The average molecular weight is 1120 g/mol. The molecule has 5 aliphatic rings. The van der Waals surface area contributed by atoms with E-state index in [4.69, 9.17) is 8.83 Å². The molecule has 0 saturated carbocycles. The molecule has 0 radical (unpaired) electrons. The summed E-state index contributed by atoms with van der Waals surface area (Å²) in [6.07, 6.45) is 5.59. The van der Waals surface area contributed by atoms with Gasteiger partial charge in [-0.1, -0.05) is 200 Å². The van der Waals surface area contributed by atoms with E-state index < -0.39 is 0 Å². The Kier molecular flexibility index (Phi) is 8.59. The van der Waals surface area contributed by atoms with Gasteiger partial charge in [-0.3, -0.25) is 0 Å². The van der Waals surface area contributed by atoms with Gasteiger partial charge in [0, 0.05) is 128 Å². The van der Waals surface area contributed by atoms with Crippen LogP contribution in [-0.4, -0.2) is 22.7 Å². The lowest BCUT2D eigenvalue weighted by Gasteiger charge is -2.41. The Hall–Kier alpha value is -11.2. The molecule has 0 saturated heterocycles. The summed E-state index contributed by atoms with van der Waals surface area (Å²) < 4.78 is 20.1. The van der Waals surface area contributed by atoms with Gasteiger partial charge in [-0.15, -0.1) is 0 Å². The third kappa shape index (κ3) is 5.59. The van der Waals surface area contributed by atoms with Gasteiger partial charge in [-0.25, -0.2) is 0 Å². The van der Waals surface area contributed by atoms with Gasteiger partial charge in [-0.2, -0.15) is 0 Å². The Morgan fingerprint density at radius 1 is 0.398 bits per heavy atom. The van der Waals surface area contributed by atoms with Crippen molar-refractivity contribution in [2.24, 2.45) is 0 Å². The van der Waals surface area contributed by atoms with Crippen molar-refractivity contribution in [2.75, 3.05) is 9.80 Å². The molecule has 8 heteroatoms. The van der Waals surface area contributed by atoms with E-state index in [0.717, 1.165) is 56.8 Å². The van der Waals surface area contributed by atoms with Crippen molar-refractivity contribution >= 4 is 174 Å². The Bertz CT molecular complexity index is 6090. The highest BCUT2D eigenvalue weighted by Gasteiger charge is 2.48. The largest absolute Gasteiger partial charge is 0.460 e. The van der Waals surface area contributed by atoms with Gasteiger partial charge < -0.3 is 27.6 Å². The van der Waals surface area contributed by atoms with Crippen molar-refractivity contribution < 1.29 is 8.83 Å². The lowest BCUT2D eigenvalue weighted by molar-refractivity contribution is 0.517. The van der Waals surface area contributed by atoms with Gasteiger partial charge in [0.15, 0.2) is 0 Å². The second-order valence-corrected chi connectivity index (χ2v) is 24.8. The molecule has 0 amide bonds. The number of para-hydroxylation sites is 6. The molecule has 404 valence electrons. The first kappa shape index (κ1) is 46.1. The highest BCUT2D eigenvalue weighted by Crippen LogP contribution is 2.55. The fraction of sp³-hybridized carbons (Fsp3) is 0.0250. The quantitative estimate of drug-likeness (QED) is 0.165. The van der Waals surface area contributed by atoms with Gasteiger partial charge in [-0.05, 0) is 105 Å². The van der Waals surface area contributed by atoms with Crippen LogP contribution in [-0.2, 0) is 0 Å². The van der Waals surface area contributed by atoms with Crippen molar-refractivity contribution in [1.29, 1.82) is 0 Å². The number of hydrogen-bond acceptors (Lipinski definition) is 4. The second-order valence-electron chi connectivity index (χ2n) is 24.8. The SMILES string of the molecule is C1=Cc2c(oc3cc4c5c(c23)-c2cccc3c6ccccc6n(c23)B5c2ccc3ccccc3c2N4c2ccccc2)C(c2ccc3c(c2)c2cccc4c2n3B2c3ccc5ccccc5c3N(c3ccccc3)c3cc5c(oc6ccccc65)c-4c32)C1. The summed E-state index contributed by atoms with van der Waals surface area (Å²) in [5.41, 5.74) is 27.1. The van der Waals surface area contributed by atoms with Gasteiger partial charge in [0.1, 0.15) is 22.5 Å². The fourth-order valence-corrected chi connectivity index (χ4v) is 17.4. The van der Waals surface area contributed by atoms with Gasteiger partial charge in [0.05, 0.1) is 11.4 Å². The molecular formula is C80H46B2N4O2. The van der Waals surface area contributed by atoms with Crippen LogP contribution in [0.2, 0.25) is 0 Å². The van der Waals surface area contributed by atoms with Gasteiger partial charge in [0.2, 0.25) is 0 Å². The number of benzene rings is 13. The number of furan rings is 2. The van der Waals surface area contributed by atoms with E-state index >= 15 is 0 Å². The van der Waals surface area contributed by atoms with E-state index in [1.807, 2.05) is 0 Å². The molecule has 17 aromatic rings. The lowest BCUT2D eigenvalue weighted by Crippen LogP contribution is -2.56. The van der Waals surface area contributed by atoms with Crippen LogP contribution in [0.1, 0.15) is 29.2 Å². The highest BCUT2D eigenvalue weighted by atomic mass is 16.3. The zero-order valence-corrected chi connectivity index (χ0v) is 47.4. The van der Waals surface area contributed by atoms with Crippen LogP contribution in [0.4, 0.5) is 34.1 Å². The molecule has 0 spiro atoms. The van der Waals surface area contributed by atoms with E-state index in [1.54, 1.807) is 0 Å². The third-order valence-corrected chi connectivity index (χ3v) is 20.7. The van der Waals surface area contributed by atoms with Gasteiger partial charge in [0.25, 0.3) is 0 Å². The number of anilines is 6. The molecule has 1 atom stereocenters. The normalized spacial score (nSPS) is 15.0. The average Bonchev–Trinajstić information content (AvgIpc) is 1.44. The van der Waals surface area contributed by atoms with E-state index in [0.29, 0.717) is 0 Å². The topological polar surface area (TPSA) is 42.6 Å². The summed E-state index contributed by atoms with van der Waals surface area (Å²) in [5, 5.41) is 13.3. The Labute approximate surface area is 504 Å². The van der Waals surface area contributed by atoms with Crippen LogP contribution in [0, 0.1) is 0 Å². The summed E-state index contributed by atoms with van der Waals surface area (Å²) in [6, 6.07) is 92.9. The third-order valence-electron chi connectivity index (χ3n) is 20.7. The van der Waals surface area contributed by atoms with Crippen LogP contribution in [0.25, 0.3) is 126 Å². The van der Waals surface area contributed by atoms with Crippen LogP contribution in [0.5, 0.6) is 0 Å². The van der Waals surface area contributed by atoms with Crippen molar-refractivity contribution in [3.8, 4) is 22.3 Å². The maximum absolute atomic E-state index is 7.66. The monoisotopic (exact) mass is 1120 g/mol. The van der Waals surface area contributed by atoms with Crippen LogP contribution in [0.3, 0.4) is 0 Å². The summed E-state index contributed by atoms with van der Waals surface area (Å²) in [6.45, 7) is -0.258. The minimum Gasteiger partial charge on any atom is -0.460 e. The predicted octanol–water partition coefficient (Wildman–Crippen LogP) is 18.2. The first-order valence-electron chi connectivity index (χ1n) is 30.8. The smallest absolute Gasteiger partial charge is 0.333 e. The first-order chi connectivity index (χ1) is 43.7. The van der Waals surface area contributed by atoms with Crippen LogP contribution < -0.4 is 31.7 Å². The van der Waals surface area contributed by atoms with E-state index in [-0.39, 0.29) is 19.6 Å². The molecule has 0 bridgehead atoms. The van der Waals surface area contributed by atoms with Crippen molar-refractivity contribution in [1.82, 2.24) is 8.96 Å². The summed E-state index contributed by atoms with van der Waals surface area (Å²) >= 11 is 0. The first-order valence-corrected chi connectivity index (χ1v) is 30.8. The Balaban J connectivity index is 0.800. The molecular weight excluding hydrogens is 1070 g/mol. The molecule has 22 rings (SSSR count). The Morgan fingerprint density at radius 3 is 1.65 bits per heavy atom. The fourth-order valence-electron chi connectivity index (χ4n) is 17.4. The molecule has 88 heavy (non-hydrogen) atoms. The lowest BCUT2D eigenvalue weighted by atomic mass is 9.44. The number of fused-ring (bicyclic) bond motifs is 26. The van der Waals surface area contributed by atoms with E-state index in [2.05, 4.69) is 280 Å². The number of rotatable bonds is 3. The highest BCUT2D eigenvalue weighted by molar-refractivity contribution is 6.91. The summed E-state index contributed by atoms with van der Waals surface area (Å²) in [4.78, 5) is 5.07. The molecule has 8 heterocycles. The maximum Gasteiger partial charge on any atom is 0.333 e. The number of aromatic nitrogens is 2. The van der Waals surface area contributed by atoms with Crippen LogP contribution in [0.15, 0.2) is 264 Å². The Morgan fingerprint density at radius 2 is 0.955 bits per heavy atom. The van der Waals surface area contributed by atoms with Crippen LogP contribution >= 0.6 is 0 Å². The maximum atomic E-state index is 7.66. The second kappa shape index (κ2) is 16.4. The standard InChI is InChI=1S/C80H46B2N4O2/c1-3-20-48(21-4-1)83-66-43-61-54-27-12-14-35-68(54)87-80(61)72-58-32-17-30-56-60-42-47(38-41-65(60)86(76(56)58)82(74(66)72)63-40-37-45-18-7-9-24-50(45)77(63)83)52-28-15-33-59-70-69(88-79(52)59)44-67-73-71(70)57-31-16-29-55-53-26-11-13-34-64(53)85(75(55)57)81(73)62-39-36-46-19-8-10-25-51(46)78(62)84(67)49-22-5-2-6-23-49/h1-27,29-44,52H,28H2. The van der Waals surface area contributed by atoms with E-state index in [9.17, 15) is 0 Å². The predicted molar refractivity (Wildman–Crippen MR) is 368 cm³/mol. The summed E-state index contributed by atoms with van der Waals surface area (Å²) in [5.74, 6) is 0.979. The minimum atomic E-state index is -0.155. The zero-order chi connectivity index (χ0) is 56.8. The summed E-state index contributed by atoms with van der Waals surface area (Å²) in [7, 11) is 0. The number of nitrogens with zero attached hydrogens (tertiary/aromatic N) is 4. The number of allylic oxidation sites excluding steroid dienone is 1. The van der Waals surface area contributed by atoms with Crippen molar-refractivity contribution in [3.05, 3.63) is 272 Å². The van der Waals surface area contributed by atoms with E-state index in [1.165, 1.54) is 143 Å². The van der Waals surface area contributed by atoms with Crippen molar-refractivity contribution in [2.45, 2.75) is 12.3 Å². The molecule has 4 aromatic heterocycles. The molecule has 13 aromatic carbocycles. The minimum absolute atomic E-state index is 0.0408. The van der Waals surface area contributed by atoms with Gasteiger partial charge >= 0.3 is 13.7 Å².